The highest BCUT2D eigenvalue weighted by Gasteiger charge is 2.38. The fraction of sp³-hybridized carbons (Fsp3) is 0.389. The summed E-state index contributed by atoms with van der Waals surface area (Å²) in [7, 11) is 0. The van der Waals surface area contributed by atoms with E-state index in [2.05, 4.69) is 10.3 Å². The van der Waals surface area contributed by atoms with Crippen molar-refractivity contribution in [2.75, 3.05) is 0 Å². The van der Waals surface area contributed by atoms with E-state index in [1.807, 2.05) is 0 Å². The second-order valence-corrected chi connectivity index (χ2v) is 7.35. The largest absolute Gasteiger partial charge is 0.481 e. The van der Waals surface area contributed by atoms with Crippen LogP contribution in [-0.2, 0) is 11.2 Å². The Hall–Kier alpha value is -2.28. The lowest BCUT2D eigenvalue weighted by Crippen LogP contribution is -2.47. The molecular weight excluding hydrogens is 343 g/mol. The number of carboxylic acid groups (broad SMARTS) is 1. The molecular formula is C18H19FN2O3S. The molecule has 3 rings (SSSR count). The van der Waals surface area contributed by atoms with Gasteiger partial charge in [-0.1, -0.05) is 31.0 Å². The number of thiazole rings is 1. The van der Waals surface area contributed by atoms with Crippen molar-refractivity contribution in [1.82, 2.24) is 10.3 Å². The van der Waals surface area contributed by atoms with E-state index in [0.29, 0.717) is 29.8 Å². The number of carboxylic acids is 1. The van der Waals surface area contributed by atoms with Crippen molar-refractivity contribution in [3.63, 3.8) is 0 Å². The first-order valence-corrected chi connectivity index (χ1v) is 9.07. The summed E-state index contributed by atoms with van der Waals surface area (Å²) in [6.07, 6.45) is 3.39. The van der Waals surface area contributed by atoms with Crippen molar-refractivity contribution >= 4 is 23.2 Å². The molecule has 0 atom stereocenters. The number of aliphatic carboxylic acids is 1. The number of aromatic nitrogens is 1. The molecule has 1 heterocycles. The Labute approximate surface area is 148 Å². The standard InChI is InChI=1S/C18H19FN2O3S/c19-13-6-2-1-5-12(13)9-15-20-14(11-25-15)17(24)21-18(10-16(22)23)7-3-4-8-18/h1-2,5-6,11H,3-4,7-10H2,(H,21,24)(H,22,23). The fourth-order valence-electron chi connectivity index (χ4n) is 3.29. The minimum atomic E-state index is -0.916. The average Bonchev–Trinajstić information content (AvgIpc) is 3.19. The van der Waals surface area contributed by atoms with Gasteiger partial charge < -0.3 is 10.4 Å². The van der Waals surface area contributed by atoms with Gasteiger partial charge in [0.05, 0.1) is 17.0 Å². The van der Waals surface area contributed by atoms with Crippen molar-refractivity contribution in [2.24, 2.45) is 0 Å². The van der Waals surface area contributed by atoms with Crippen LogP contribution in [0.3, 0.4) is 0 Å². The van der Waals surface area contributed by atoms with Gasteiger partial charge in [-0.2, -0.15) is 0 Å². The van der Waals surface area contributed by atoms with E-state index in [1.54, 1.807) is 23.6 Å². The van der Waals surface area contributed by atoms with Crippen molar-refractivity contribution in [1.29, 1.82) is 0 Å². The van der Waals surface area contributed by atoms with E-state index in [9.17, 15) is 14.0 Å². The molecule has 1 aromatic carbocycles. The van der Waals surface area contributed by atoms with E-state index < -0.39 is 11.5 Å². The SMILES string of the molecule is O=C(O)CC1(NC(=O)c2csc(Cc3ccccc3F)n2)CCCC1. The van der Waals surface area contributed by atoms with Gasteiger partial charge in [0.15, 0.2) is 0 Å². The molecule has 2 aromatic rings. The lowest BCUT2D eigenvalue weighted by Gasteiger charge is -2.28. The molecule has 1 aromatic heterocycles. The first-order chi connectivity index (χ1) is 12.0. The maximum atomic E-state index is 13.7. The van der Waals surface area contributed by atoms with Crippen LogP contribution in [0.4, 0.5) is 4.39 Å². The molecule has 0 saturated heterocycles. The Morgan fingerprint density at radius 2 is 2.00 bits per heavy atom. The molecule has 1 aliphatic carbocycles. The van der Waals surface area contributed by atoms with Crippen LogP contribution in [0.25, 0.3) is 0 Å². The van der Waals surface area contributed by atoms with E-state index in [-0.39, 0.29) is 23.8 Å². The summed E-state index contributed by atoms with van der Waals surface area (Å²) in [5.74, 6) is -1.57. The van der Waals surface area contributed by atoms with Crippen LogP contribution < -0.4 is 5.32 Å². The van der Waals surface area contributed by atoms with Gasteiger partial charge in [-0.25, -0.2) is 9.37 Å². The average molecular weight is 362 g/mol. The van der Waals surface area contributed by atoms with Crippen molar-refractivity contribution in [3.05, 3.63) is 51.7 Å². The zero-order chi connectivity index (χ0) is 17.9. The molecule has 1 fully saturated rings. The summed E-state index contributed by atoms with van der Waals surface area (Å²) in [5, 5.41) is 14.3. The van der Waals surface area contributed by atoms with Gasteiger partial charge in [-0.15, -0.1) is 11.3 Å². The van der Waals surface area contributed by atoms with Gasteiger partial charge in [-0.05, 0) is 24.5 Å². The van der Waals surface area contributed by atoms with Crippen LogP contribution in [0.2, 0.25) is 0 Å². The lowest BCUT2D eigenvalue weighted by atomic mass is 9.93. The van der Waals surface area contributed by atoms with Crippen molar-refractivity contribution in [2.45, 2.75) is 44.1 Å². The molecule has 132 valence electrons. The first kappa shape index (κ1) is 17.5. The van der Waals surface area contributed by atoms with Gasteiger partial charge in [0, 0.05) is 11.8 Å². The Kier molecular flexibility index (Phi) is 5.13. The minimum absolute atomic E-state index is 0.0784. The maximum absolute atomic E-state index is 13.7. The molecule has 0 spiro atoms. The second-order valence-electron chi connectivity index (χ2n) is 6.41. The summed E-state index contributed by atoms with van der Waals surface area (Å²) in [4.78, 5) is 27.9. The van der Waals surface area contributed by atoms with E-state index in [0.717, 1.165) is 12.8 Å². The third-order valence-electron chi connectivity index (χ3n) is 4.51. The Bertz CT molecular complexity index is 784. The first-order valence-electron chi connectivity index (χ1n) is 8.20. The van der Waals surface area contributed by atoms with Gasteiger partial charge in [0.25, 0.3) is 5.91 Å². The molecule has 25 heavy (non-hydrogen) atoms. The number of carbonyl (C=O) groups is 2. The van der Waals surface area contributed by atoms with Gasteiger partial charge in [0.2, 0.25) is 0 Å². The van der Waals surface area contributed by atoms with E-state index in [4.69, 9.17) is 5.11 Å². The van der Waals surface area contributed by atoms with E-state index in [1.165, 1.54) is 17.4 Å². The summed E-state index contributed by atoms with van der Waals surface area (Å²) >= 11 is 1.30. The Balaban J connectivity index is 1.70. The quantitative estimate of drug-likeness (QED) is 0.825. The number of carbonyl (C=O) groups excluding carboxylic acids is 1. The Morgan fingerprint density at radius 3 is 2.68 bits per heavy atom. The number of hydrogen-bond donors (Lipinski definition) is 2. The zero-order valence-corrected chi connectivity index (χ0v) is 14.4. The normalized spacial score (nSPS) is 15.9. The number of halogens is 1. The molecule has 1 amide bonds. The Morgan fingerprint density at radius 1 is 1.28 bits per heavy atom. The number of hydrogen-bond acceptors (Lipinski definition) is 4. The third-order valence-corrected chi connectivity index (χ3v) is 5.36. The highest BCUT2D eigenvalue weighted by Crippen LogP contribution is 2.33. The highest BCUT2D eigenvalue weighted by molar-refractivity contribution is 7.09. The topological polar surface area (TPSA) is 79.3 Å². The molecule has 0 radical (unpaired) electrons. The number of benzene rings is 1. The van der Waals surface area contributed by atoms with Crippen LogP contribution >= 0.6 is 11.3 Å². The molecule has 1 aliphatic rings. The maximum Gasteiger partial charge on any atom is 0.305 e. The van der Waals surface area contributed by atoms with Crippen LogP contribution in [0.15, 0.2) is 29.6 Å². The summed E-state index contributed by atoms with van der Waals surface area (Å²) in [5.41, 5.74) is 0.105. The fourth-order valence-corrected chi connectivity index (χ4v) is 4.09. The van der Waals surface area contributed by atoms with Gasteiger partial charge >= 0.3 is 5.97 Å². The molecule has 0 bridgehead atoms. The smallest absolute Gasteiger partial charge is 0.305 e. The molecule has 0 unspecified atom stereocenters. The molecule has 2 N–H and O–H groups in total. The third kappa shape index (κ3) is 4.22. The molecule has 0 aliphatic heterocycles. The number of amides is 1. The summed E-state index contributed by atoms with van der Waals surface area (Å²) < 4.78 is 13.7. The predicted octanol–water partition coefficient (Wildman–Crippen LogP) is 3.39. The van der Waals surface area contributed by atoms with Crippen LogP contribution in [0, 0.1) is 5.82 Å². The number of nitrogens with one attached hydrogen (secondary N) is 1. The van der Waals surface area contributed by atoms with Crippen LogP contribution in [-0.4, -0.2) is 27.5 Å². The van der Waals surface area contributed by atoms with Crippen LogP contribution in [0.1, 0.15) is 53.2 Å². The number of rotatable bonds is 6. The molecule has 7 heteroatoms. The van der Waals surface area contributed by atoms with E-state index >= 15 is 0 Å². The lowest BCUT2D eigenvalue weighted by molar-refractivity contribution is -0.138. The monoisotopic (exact) mass is 362 g/mol. The van der Waals surface area contributed by atoms with Crippen molar-refractivity contribution in [3.8, 4) is 0 Å². The highest BCUT2D eigenvalue weighted by atomic mass is 32.1. The molecule has 5 nitrogen and oxygen atoms in total. The van der Waals surface area contributed by atoms with Crippen LogP contribution in [0.5, 0.6) is 0 Å². The van der Waals surface area contributed by atoms with Gasteiger partial charge in [0.1, 0.15) is 11.5 Å². The number of nitrogens with zero attached hydrogens (tertiary/aromatic N) is 1. The summed E-state index contributed by atoms with van der Waals surface area (Å²) in [6.45, 7) is 0. The minimum Gasteiger partial charge on any atom is -0.481 e. The van der Waals surface area contributed by atoms with Crippen molar-refractivity contribution < 1.29 is 19.1 Å². The molecule has 1 saturated carbocycles. The zero-order valence-electron chi connectivity index (χ0n) is 13.6. The van der Waals surface area contributed by atoms with Gasteiger partial charge in [-0.3, -0.25) is 9.59 Å². The predicted molar refractivity (Wildman–Crippen MR) is 92.2 cm³/mol. The summed E-state index contributed by atoms with van der Waals surface area (Å²) in [6, 6.07) is 6.47. The second kappa shape index (κ2) is 7.31.